The highest BCUT2D eigenvalue weighted by molar-refractivity contribution is 14.0. The van der Waals surface area contributed by atoms with Crippen molar-refractivity contribution in [3.05, 3.63) is 23.9 Å². The number of piperidine rings is 1. The molecule has 0 radical (unpaired) electrons. The van der Waals surface area contributed by atoms with E-state index in [0.29, 0.717) is 6.04 Å². The van der Waals surface area contributed by atoms with E-state index in [1.54, 1.807) is 0 Å². The summed E-state index contributed by atoms with van der Waals surface area (Å²) < 4.78 is 5.57. The van der Waals surface area contributed by atoms with E-state index in [-0.39, 0.29) is 29.5 Å². The van der Waals surface area contributed by atoms with Crippen molar-refractivity contribution in [2.75, 3.05) is 58.9 Å². The van der Waals surface area contributed by atoms with Gasteiger partial charge in [-0.25, -0.2) is 4.98 Å². The fourth-order valence-electron chi connectivity index (χ4n) is 4.07. The van der Waals surface area contributed by atoms with E-state index in [4.69, 9.17) is 4.74 Å². The van der Waals surface area contributed by atoms with Crippen molar-refractivity contribution in [1.82, 2.24) is 20.5 Å². The first-order valence-corrected chi connectivity index (χ1v) is 10.4. The molecule has 2 saturated heterocycles. The molecule has 2 aliphatic rings. The Balaban J connectivity index is 0.00000300. The maximum Gasteiger partial charge on any atom is 0.191 e. The van der Waals surface area contributed by atoms with Crippen LogP contribution in [0.15, 0.2) is 23.3 Å². The maximum absolute atomic E-state index is 5.57. The summed E-state index contributed by atoms with van der Waals surface area (Å²) >= 11 is 0. The zero-order valence-corrected chi connectivity index (χ0v) is 20.6. The van der Waals surface area contributed by atoms with Crippen molar-refractivity contribution in [2.24, 2.45) is 4.99 Å². The second kappa shape index (κ2) is 11.3. The molecule has 0 amide bonds. The third kappa shape index (κ3) is 6.42. The van der Waals surface area contributed by atoms with Gasteiger partial charge in [0.25, 0.3) is 0 Å². The number of aryl methyl sites for hydroxylation is 1. The van der Waals surface area contributed by atoms with Crippen LogP contribution in [0.5, 0.6) is 0 Å². The number of pyridine rings is 1. The summed E-state index contributed by atoms with van der Waals surface area (Å²) in [5, 5.41) is 7.20. The van der Waals surface area contributed by atoms with E-state index >= 15 is 0 Å². The molecule has 164 valence electrons. The van der Waals surface area contributed by atoms with Gasteiger partial charge < -0.3 is 25.2 Å². The molecule has 0 aliphatic carbocycles. The largest absolute Gasteiger partial charge is 0.381 e. The Morgan fingerprint density at radius 3 is 2.52 bits per heavy atom. The summed E-state index contributed by atoms with van der Waals surface area (Å²) in [5.41, 5.74) is 1.34. The molecule has 1 aromatic heterocycles. The minimum Gasteiger partial charge on any atom is -0.381 e. The number of rotatable bonds is 5. The highest BCUT2D eigenvalue weighted by atomic mass is 127. The molecule has 3 rings (SSSR count). The Morgan fingerprint density at radius 2 is 1.97 bits per heavy atom. The lowest BCUT2D eigenvalue weighted by Crippen LogP contribution is -2.58. The monoisotopic (exact) mass is 516 g/mol. The number of anilines is 1. The quantitative estimate of drug-likeness (QED) is 0.356. The molecule has 2 N–H and O–H groups in total. The number of ether oxygens (including phenoxy) is 1. The third-order valence-corrected chi connectivity index (χ3v) is 6.24. The van der Waals surface area contributed by atoms with Gasteiger partial charge in [-0.1, -0.05) is 6.07 Å². The fourth-order valence-corrected chi connectivity index (χ4v) is 4.07. The summed E-state index contributed by atoms with van der Waals surface area (Å²) in [6.07, 6.45) is 6.21. The van der Waals surface area contributed by atoms with Gasteiger partial charge in [-0.3, -0.25) is 4.99 Å². The zero-order valence-electron chi connectivity index (χ0n) is 18.3. The van der Waals surface area contributed by atoms with Crippen LogP contribution in [-0.2, 0) is 4.74 Å². The first-order chi connectivity index (χ1) is 13.5. The molecule has 8 heteroatoms. The Labute approximate surface area is 192 Å². The first kappa shape index (κ1) is 24.1. The molecule has 0 aromatic carbocycles. The normalized spacial score (nSPS) is 20.3. The maximum atomic E-state index is 5.57. The van der Waals surface area contributed by atoms with Crippen molar-refractivity contribution in [2.45, 2.75) is 44.2 Å². The number of nitrogens with zero attached hydrogens (tertiary/aromatic N) is 4. The summed E-state index contributed by atoms with van der Waals surface area (Å²) in [7, 11) is 6.18. The van der Waals surface area contributed by atoms with Crippen molar-refractivity contribution in [3.8, 4) is 0 Å². The van der Waals surface area contributed by atoms with Gasteiger partial charge in [0.2, 0.25) is 0 Å². The minimum absolute atomic E-state index is 0. The predicted octanol–water partition coefficient (Wildman–Crippen LogP) is 2.25. The Bertz CT molecular complexity index is 637. The highest BCUT2D eigenvalue weighted by Crippen LogP contribution is 2.25. The van der Waals surface area contributed by atoms with Gasteiger partial charge in [0.15, 0.2) is 5.96 Å². The van der Waals surface area contributed by atoms with Crippen LogP contribution >= 0.6 is 24.0 Å². The molecule has 0 bridgehead atoms. The molecule has 0 spiro atoms. The number of nitrogens with one attached hydrogen (secondary N) is 2. The van der Waals surface area contributed by atoms with E-state index in [0.717, 1.165) is 70.3 Å². The topological polar surface area (TPSA) is 65.0 Å². The summed E-state index contributed by atoms with van der Waals surface area (Å²) in [4.78, 5) is 13.7. The number of hydrogen-bond donors (Lipinski definition) is 2. The van der Waals surface area contributed by atoms with Crippen molar-refractivity contribution in [3.63, 3.8) is 0 Å². The van der Waals surface area contributed by atoms with Crippen LogP contribution in [0.2, 0.25) is 0 Å². The van der Waals surface area contributed by atoms with Crippen LogP contribution in [0.4, 0.5) is 5.82 Å². The molecule has 2 fully saturated rings. The Kier molecular flexibility index (Phi) is 9.42. The second-order valence-electron chi connectivity index (χ2n) is 8.26. The van der Waals surface area contributed by atoms with Crippen LogP contribution < -0.4 is 15.5 Å². The number of aliphatic imine (C=N–C) groups is 1. The summed E-state index contributed by atoms with van der Waals surface area (Å²) in [6, 6.07) is 4.70. The van der Waals surface area contributed by atoms with Gasteiger partial charge in [0.05, 0.1) is 0 Å². The average molecular weight is 516 g/mol. The standard InChI is InChI=1S/C21H36N6O.HI/c1-17-5-6-19(23-15-17)27-11-7-18(8-12-27)25-20(22-2)24-16-21(26(3)4)9-13-28-14-10-21;/h5-6,15,18H,7-14,16H2,1-4H3,(H2,22,24,25);1H. The molecule has 7 nitrogen and oxygen atoms in total. The molecule has 0 saturated carbocycles. The summed E-state index contributed by atoms with van der Waals surface area (Å²) in [5.74, 6) is 1.98. The molecule has 2 aliphatic heterocycles. The smallest absolute Gasteiger partial charge is 0.191 e. The minimum atomic E-state index is 0. The lowest BCUT2D eigenvalue weighted by Gasteiger charge is -2.43. The number of hydrogen-bond acceptors (Lipinski definition) is 5. The van der Waals surface area contributed by atoms with E-state index in [1.807, 2.05) is 13.2 Å². The van der Waals surface area contributed by atoms with Gasteiger partial charge in [-0.05, 0) is 58.3 Å². The summed E-state index contributed by atoms with van der Waals surface area (Å²) in [6.45, 7) is 6.66. The second-order valence-corrected chi connectivity index (χ2v) is 8.26. The van der Waals surface area contributed by atoms with Crippen LogP contribution in [0.25, 0.3) is 0 Å². The van der Waals surface area contributed by atoms with Gasteiger partial charge in [0, 0.05) is 57.7 Å². The molecule has 3 heterocycles. The van der Waals surface area contributed by atoms with Crippen LogP contribution in [0, 0.1) is 6.92 Å². The van der Waals surface area contributed by atoms with Crippen LogP contribution in [0.3, 0.4) is 0 Å². The van der Waals surface area contributed by atoms with Crippen molar-refractivity contribution >= 4 is 35.8 Å². The van der Waals surface area contributed by atoms with Crippen LogP contribution in [-0.4, -0.2) is 81.4 Å². The van der Waals surface area contributed by atoms with E-state index in [2.05, 4.69) is 63.6 Å². The van der Waals surface area contributed by atoms with Crippen molar-refractivity contribution in [1.29, 1.82) is 0 Å². The molecule has 1 aromatic rings. The number of guanidine groups is 1. The number of likely N-dealkylation sites (N-methyl/N-ethyl adjacent to an activating group) is 1. The third-order valence-electron chi connectivity index (χ3n) is 6.24. The highest BCUT2D eigenvalue weighted by Gasteiger charge is 2.35. The molecular formula is C21H37IN6O. The Hall–Kier alpha value is -1.13. The first-order valence-electron chi connectivity index (χ1n) is 10.4. The number of aromatic nitrogens is 1. The molecule has 0 unspecified atom stereocenters. The van der Waals surface area contributed by atoms with E-state index in [1.165, 1.54) is 5.56 Å². The van der Waals surface area contributed by atoms with Gasteiger partial charge >= 0.3 is 0 Å². The molecular weight excluding hydrogens is 479 g/mol. The SMILES string of the molecule is CN=C(NCC1(N(C)C)CCOCC1)NC1CCN(c2ccc(C)cn2)CC1.I. The van der Waals surface area contributed by atoms with Crippen LogP contribution in [0.1, 0.15) is 31.2 Å². The molecule has 29 heavy (non-hydrogen) atoms. The molecule has 0 atom stereocenters. The van der Waals surface area contributed by atoms with Crippen molar-refractivity contribution < 1.29 is 4.74 Å². The Morgan fingerprint density at radius 1 is 1.28 bits per heavy atom. The van der Waals surface area contributed by atoms with E-state index in [9.17, 15) is 0 Å². The number of halogens is 1. The lowest BCUT2D eigenvalue weighted by molar-refractivity contribution is -0.00503. The van der Waals surface area contributed by atoms with Gasteiger partial charge in [-0.2, -0.15) is 0 Å². The zero-order chi connectivity index (χ0) is 20.0. The lowest BCUT2D eigenvalue weighted by atomic mass is 9.88. The fraction of sp³-hybridized carbons (Fsp3) is 0.714. The van der Waals surface area contributed by atoms with E-state index < -0.39 is 0 Å². The average Bonchev–Trinajstić information content (AvgIpc) is 2.73. The van der Waals surface area contributed by atoms with Gasteiger partial charge in [0.1, 0.15) is 5.82 Å². The predicted molar refractivity (Wildman–Crippen MR) is 131 cm³/mol. The van der Waals surface area contributed by atoms with Gasteiger partial charge in [-0.15, -0.1) is 24.0 Å².